The molecule has 1 unspecified atom stereocenters. The van der Waals surface area contributed by atoms with Crippen LogP contribution in [-0.2, 0) is 16.0 Å². The molecule has 0 aliphatic heterocycles. The molecular weight excluding hydrogens is 443 g/mol. The Morgan fingerprint density at radius 1 is 1.16 bits per heavy atom. The second-order valence-electron chi connectivity index (χ2n) is 7.02. The van der Waals surface area contributed by atoms with Crippen LogP contribution in [0.3, 0.4) is 0 Å². The van der Waals surface area contributed by atoms with Gasteiger partial charge in [-0.3, -0.25) is 19.0 Å². The van der Waals surface area contributed by atoms with Gasteiger partial charge in [-0.15, -0.1) is 0 Å². The molecule has 3 rings (SSSR count). The molecule has 1 heterocycles. The molecule has 2 N–H and O–H groups in total. The van der Waals surface area contributed by atoms with Gasteiger partial charge in [-0.25, -0.2) is 0 Å². The van der Waals surface area contributed by atoms with Gasteiger partial charge in [-0.2, -0.15) is 0 Å². The molecule has 0 aliphatic rings. The van der Waals surface area contributed by atoms with E-state index >= 15 is 0 Å². The molecule has 0 fully saturated rings. The Morgan fingerprint density at radius 2 is 1.81 bits per heavy atom. The predicted octanol–water partition coefficient (Wildman–Crippen LogP) is 4.09. The number of fused-ring (bicyclic) bond motifs is 1. The van der Waals surface area contributed by atoms with Crippen LogP contribution in [0.5, 0.6) is 5.75 Å². The highest BCUT2D eigenvalue weighted by Crippen LogP contribution is 2.35. The van der Waals surface area contributed by atoms with Crippen molar-refractivity contribution in [1.29, 1.82) is 0 Å². The van der Waals surface area contributed by atoms with Gasteiger partial charge in [-0.1, -0.05) is 23.2 Å². The van der Waals surface area contributed by atoms with Gasteiger partial charge in [0.2, 0.25) is 5.91 Å². The molecule has 1 aromatic heterocycles. The van der Waals surface area contributed by atoms with Crippen LogP contribution < -0.4 is 10.1 Å². The van der Waals surface area contributed by atoms with Crippen molar-refractivity contribution in [1.82, 2.24) is 9.88 Å². The highest BCUT2D eigenvalue weighted by Gasteiger charge is 2.24. The number of carboxylic acids is 1. The molecule has 0 aliphatic carbocycles. The number of nitrogens with one attached hydrogen (secondary N) is 1. The number of amides is 1. The van der Waals surface area contributed by atoms with E-state index in [0.29, 0.717) is 43.5 Å². The van der Waals surface area contributed by atoms with E-state index in [1.165, 1.54) is 18.6 Å². The summed E-state index contributed by atoms with van der Waals surface area (Å²) in [7, 11) is 1.47. The number of methoxy groups -OCH3 is 1. The summed E-state index contributed by atoms with van der Waals surface area (Å²) in [6.45, 7) is 3.10. The van der Waals surface area contributed by atoms with Crippen molar-refractivity contribution in [3.05, 3.63) is 63.3 Å². The largest absolute Gasteiger partial charge is 0.495 e. The molecule has 1 atom stereocenters. The number of carbonyl (C=O) groups excluding carboxylic acids is 2. The Labute approximate surface area is 188 Å². The molecule has 0 spiro atoms. The van der Waals surface area contributed by atoms with E-state index in [-0.39, 0.29) is 12.3 Å². The highest BCUT2D eigenvalue weighted by atomic mass is 35.5. The molecule has 0 radical (unpaired) electrons. The number of nitrogens with zero attached hydrogens (tertiary/aromatic N) is 1. The monoisotopic (exact) mass is 462 g/mol. The number of hydrogen-bond acceptors (Lipinski definition) is 4. The summed E-state index contributed by atoms with van der Waals surface area (Å²) in [5.41, 5.74) is 2.03. The van der Waals surface area contributed by atoms with Crippen LogP contribution in [-0.4, -0.2) is 40.6 Å². The molecule has 31 heavy (non-hydrogen) atoms. The van der Waals surface area contributed by atoms with E-state index in [9.17, 15) is 14.4 Å². The number of benzene rings is 2. The predicted molar refractivity (Wildman–Crippen MR) is 118 cm³/mol. The van der Waals surface area contributed by atoms with Gasteiger partial charge >= 0.3 is 5.97 Å². The van der Waals surface area contributed by atoms with E-state index < -0.39 is 17.9 Å². The van der Waals surface area contributed by atoms with Crippen LogP contribution in [0.25, 0.3) is 10.9 Å². The maximum Gasteiger partial charge on any atom is 0.325 e. The van der Waals surface area contributed by atoms with Crippen LogP contribution in [0.1, 0.15) is 28.5 Å². The molecule has 0 saturated heterocycles. The maximum absolute atomic E-state index is 13.3. The lowest BCUT2D eigenvalue weighted by atomic mass is 10.1. The minimum absolute atomic E-state index is 0.119. The number of carboxylic acid groups (broad SMARTS) is 1. The van der Waals surface area contributed by atoms with Gasteiger partial charge < -0.3 is 15.2 Å². The van der Waals surface area contributed by atoms with Gasteiger partial charge in [-0.05, 0) is 55.8 Å². The Bertz CT molecular complexity index is 1190. The number of hydrogen-bond donors (Lipinski definition) is 2. The fourth-order valence-corrected chi connectivity index (χ4v) is 3.72. The van der Waals surface area contributed by atoms with Gasteiger partial charge in [0.25, 0.3) is 5.91 Å². The zero-order valence-corrected chi connectivity index (χ0v) is 18.5. The Hall–Kier alpha value is -3.03. The van der Waals surface area contributed by atoms with Crippen molar-refractivity contribution in [2.24, 2.45) is 0 Å². The lowest BCUT2D eigenvalue weighted by molar-refractivity contribution is -0.141. The summed E-state index contributed by atoms with van der Waals surface area (Å²) < 4.78 is 6.78. The van der Waals surface area contributed by atoms with Crippen LogP contribution in [0, 0.1) is 6.92 Å². The van der Waals surface area contributed by atoms with E-state index in [1.54, 1.807) is 43.3 Å². The quantitative estimate of drug-likeness (QED) is 0.574. The van der Waals surface area contributed by atoms with Crippen LogP contribution in [0.2, 0.25) is 10.0 Å². The summed E-state index contributed by atoms with van der Waals surface area (Å²) in [5.74, 6) is -1.54. The van der Waals surface area contributed by atoms with Crippen molar-refractivity contribution < 1.29 is 24.2 Å². The average Bonchev–Trinajstić information content (AvgIpc) is 2.97. The van der Waals surface area contributed by atoms with Gasteiger partial charge in [0, 0.05) is 21.7 Å². The number of carbonyl (C=O) groups is 3. The van der Waals surface area contributed by atoms with E-state index in [2.05, 4.69) is 5.32 Å². The van der Waals surface area contributed by atoms with Crippen molar-refractivity contribution in [3.8, 4) is 5.75 Å². The van der Waals surface area contributed by atoms with E-state index in [0.717, 1.165) is 0 Å². The maximum atomic E-state index is 13.3. The summed E-state index contributed by atoms with van der Waals surface area (Å²) >= 11 is 12.2. The summed E-state index contributed by atoms with van der Waals surface area (Å²) in [4.78, 5) is 36.8. The van der Waals surface area contributed by atoms with Crippen molar-refractivity contribution in [3.63, 3.8) is 0 Å². The number of aliphatic carboxylic acids is 1. The second kappa shape index (κ2) is 8.99. The Balaban J connectivity index is 2.14. The lowest BCUT2D eigenvalue weighted by Gasteiger charge is -2.10. The average molecular weight is 463 g/mol. The van der Waals surface area contributed by atoms with Crippen LogP contribution in [0.15, 0.2) is 36.4 Å². The topological polar surface area (TPSA) is 97.6 Å². The third-order valence-electron chi connectivity index (χ3n) is 4.99. The molecule has 162 valence electrons. The third-order valence-corrected chi connectivity index (χ3v) is 5.54. The van der Waals surface area contributed by atoms with Crippen LogP contribution in [0.4, 0.5) is 0 Å². The summed E-state index contributed by atoms with van der Waals surface area (Å²) in [5, 5.41) is 12.9. The van der Waals surface area contributed by atoms with Gasteiger partial charge in [0.05, 0.1) is 24.1 Å². The first-order chi connectivity index (χ1) is 14.6. The summed E-state index contributed by atoms with van der Waals surface area (Å²) in [6, 6.07) is 8.70. The molecular formula is C22H20Cl2N2O5. The van der Waals surface area contributed by atoms with Crippen molar-refractivity contribution in [2.45, 2.75) is 26.3 Å². The smallest absolute Gasteiger partial charge is 0.325 e. The first kappa shape index (κ1) is 22.7. The normalized spacial score (nSPS) is 11.9. The molecule has 9 heteroatoms. The van der Waals surface area contributed by atoms with Crippen molar-refractivity contribution >= 4 is 51.9 Å². The fraction of sp³-hybridized carbons (Fsp3) is 0.227. The third kappa shape index (κ3) is 4.52. The zero-order valence-electron chi connectivity index (χ0n) is 17.0. The molecule has 1 amide bonds. The fourth-order valence-electron chi connectivity index (χ4n) is 3.36. The standard InChI is InChI=1S/C22H20Cl2N2O5/c1-11(22(29)30)25-20(27)9-15-12(2)26(21(28)13-4-6-14(23)7-5-13)18-10-17(24)19(31-3)8-16(15)18/h4-8,10-11H,9H2,1-3H3,(H,25,27)(H,29,30). The zero-order chi connectivity index (χ0) is 22.9. The lowest BCUT2D eigenvalue weighted by Crippen LogP contribution is -2.39. The van der Waals surface area contributed by atoms with Gasteiger partial charge in [0.15, 0.2) is 0 Å². The van der Waals surface area contributed by atoms with E-state index in [1.807, 2.05) is 0 Å². The van der Waals surface area contributed by atoms with Crippen LogP contribution >= 0.6 is 23.2 Å². The first-order valence-electron chi connectivity index (χ1n) is 9.34. The SMILES string of the molecule is COc1cc2c(CC(=O)NC(C)C(=O)O)c(C)n(C(=O)c3ccc(Cl)cc3)c2cc1Cl. The Morgan fingerprint density at radius 3 is 2.39 bits per heavy atom. The second-order valence-corrected chi connectivity index (χ2v) is 7.86. The number of aromatic nitrogens is 1. The molecule has 0 saturated carbocycles. The number of ether oxygens (including phenoxy) is 1. The summed E-state index contributed by atoms with van der Waals surface area (Å²) in [6.07, 6.45) is -0.119. The molecule has 7 nitrogen and oxygen atoms in total. The molecule has 0 bridgehead atoms. The number of halogens is 2. The minimum Gasteiger partial charge on any atom is -0.495 e. The van der Waals surface area contributed by atoms with Crippen molar-refractivity contribution in [2.75, 3.05) is 7.11 Å². The van der Waals surface area contributed by atoms with Gasteiger partial charge in [0.1, 0.15) is 11.8 Å². The molecule has 3 aromatic rings. The number of rotatable bonds is 6. The minimum atomic E-state index is -1.14. The first-order valence-corrected chi connectivity index (χ1v) is 10.1. The Kier molecular flexibility index (Phi) is 6.57. The highest BCUT2D eigenvalue weighted by molar-refractivity contribution is 6.33. The molecule has 2 aromatic carbocycles. The van der Waals surface area contributed by atoms with E-state index in [4.69, 9.17) is 33.0 Å².